The Kier molecular flexibility index (Phi) is 6.55. The highest BCUT2D eigenvalue weighted by molar-refractivity contribution is 5.98. The smallest absolute Gasteiger partial charge is 0.257 e. The summed E-state index contributed by atoms with van der Waals surface area (Å²) < 4.78 is 0. The second-order valence-electron chi connectivity index (χ2n) is 5.74. The van der Waals surface area contributed by atoms with Crippen molar-refractivity contribution in [3.8, 4) is 0 Å². The Morgan fingerprint density at radius 1 is 1.16 bits per heavy atom. The van der Waals surface area contributed by atoms with Crippen LogP contribution in [0.1, 0.15) is 16.8 Å². The van der Waals surface area contributed by atoms with Gasteiger partial charge in [-0.15, -0.1) is 12.4 Å². The molecular formula is C17H21ClN4O3. The number of pyridine rings is 1. The maximum Gasteiger partial charge on any atom is 0.257 e. The zero-order valence-electron chi connectivity index (χ0n) is 13.7. The van der Waals surface area contributed by atoms with Crippen LogP contribution < -0.4 is 16.1 Å². The van der Waals surface area contributed by atoms with Crippen LogP contribution in [0.15, 0.2) is 35.3 Å². The molecule has 8 heteroatoms. The van der Waals surface area contributed by atoms with E-state index < -0.39 is 5.91 Å². The number of para-hydroxylation sites is 1. The van der Waals surface area contributed by atoms with Crippen molar-refractivity contribution in [1.82, 2.24) is 20.5 Å². The number of benzene rings is 1. The molecular weight excluding hydrogens is 344 g/mol. The summed E-state index contributed by atoms with van der Waals surface area (Å²) in [4.78, 5) is 41.5. The number of halogens is 1. The van der Waals surface area contributed by atoms with E-state index in [9.17, 15) is 14.4 Å². The van der Waals surface area contributed by atoms with E-state index in [0.717, 1.165) is 19.5 Å². The lowest BCUT2D eigenvalue weighted by molar-refractivity contribution is -0.129. The van der Waals surface area contributed by atoms with Gasteiger partial charge < -0.3 is 20.5 Å². The van der Waals surface area contributed by atoms with Crippen molar-refractivity contribution in [1.29, 1.82) is 0 Å². The standard InChI is InChI=1S/C17H20N4O3.ClH/c22-15(21-8-3-6-18-7-9-21)11-20-17(24)13-10-19-14-5-2-1-4-12(14)16(13)23;/h1-2,4-5,10,18H,3,6-9,11H2,(H,19,23)(H,20,24);1H. The lowest BCUT2D eigenvalue weighted by Crippen LogP contribution is -2.42. The van der Waals surface area contributed by atoms with Gasteiger partial charge in [-0.25, -0.2) is 0 Å². The fourth-order valence-electron chi connectivity index (χ4n) is 2.79. The van der Waals surface area contributed by atoms with Crippen molar-refractivity contribution >= 4 is 35.1 Å². The van der Waals surface area contributed by atoms with Crippen molar-refractivity contribution in [2.75, 3.05) is 32.7 Å². The number of aromatic nitrogens is 1. The van der Waals surface area contributed by atoms with Crippen LogP contribution in [0.4, 0.5) is 0 Å². The number of hydrogen-bond acceptors (Lipinski definition) is 4. The third-order valence-corrected chi connectivity index (χ3v) is 4.13. The lowest BCUT2D eigenvalue weighted by atomic mass is 10.1. The summed E-state index contributed by atoms with van der Waals surface area (Å²) in [7, 11) is 0. The van der Waals surface area contributed by atoms with E-state index in [2.05, 4.69) is 15.6 Å². The summed E-state index contributed by atoms with van der Waals surface area (Å²) in [6.45, 7) is 2.85. The first kappa shape index (κ1) is 19.0. The molecule has 2 aromatic rings. The number of amides is 2. The number of rotatable bonds is 3. The maximum atomic E-state index is 12.4. The van der Waals surface area contributed by atoms with Gasteiger partial charge >= 0.3 is 0 Å². The first-order valence-corrected chi connectivity index (χ1v) is 8.04. The second-order valence-corrected chi connectivity index (χ2v) is 5.74. The molecule has 1 fully saturated rings. The molecule has 1 saturated heterocycles. The first-order valence-electron chi connectivity index (χ1n) is 8.04. The third kappa shape index (κ3) is 4.37. The monoisotopic (exact) mass is 364 g/mol. The number of H-pyrrole nitrogens is 1. The summed E-state index contributed by atoms with van der Waals surface area (Å²) in [5, 5.41) is 6.23. The molecule has 25 heavy (non-hydrogen) atoms. The van der Waals surface area contributed by atoms with Crippen LogP contribution in [0.25, 0.3) is 10.9 Å². The highest BCUT2D eigenvalue weighted by atomic mass is 35.5. The quantitative estimate of drug-likeness (QED) is 0.739. The zero-order valence-corrected chi connectivity index (χ0v) is 14.5. The van der Waals surface area contributed by atoms with Gasteiger partial charge in [-0.2, -0.15) is 0 Å². The van der Waals surface area contributed by atoms with E-state index in [-0.39, 0.29) is 35.9 Å². The summed E-state index contributed by atoms with van der Waals surface area (Å²) in [5.74, 6) is -0.674. The largest absolute Gasteiger partial charge is 0.360 e. The predicted octanol–water partition coefficient (Wildman–Crippen LogP) is 0.502. The van der Waals surface area contributed by atoms with Crippen molar-refractivity contribution in [3.05, 3.63) is 46.2 Å². The molecule has 0 unspecified atom stereocenters. The molecule has 2 heterocycles. The van der Waals surface area contributed by atoms with Crippen LogP contribution in [0, 0.1) is 0 Å². The second kappa shape index (κ2) is 8.64. The highest BCUT2D eigenvalue weighted by Crippen LogP contribution is 2.06. The molecule has 1 aliphatic heterocycles. The van der Waals surface area contributed by atoms with Gasteiger partial charge in [0, 0.05) is 36.7 Å². The molecule has 0 spiro atoms. The number of carbonyl (C=O) groups is 2. The molecule has 0 aliphatic carbocycles. The Morgan fingerprint density at radius 2 is 1.96 bits per heavy atom. The molecule has 1 aromatic heterocycles. The summed E-state index contributed by atoms with van der Waals surface area (Å²) in [6, 6.07) is 7.00. The fourth-order valence-corrected chi connectivity index (χ4v) is 2.79. The van der Waals surface area contributed by atoms with Gasteiger partial charge in [0.15, 0.2) is 0 Å². The van der Waals surface area contributed by atoms with Crippen molar-refractivity contribution in [2.45, 2.75) is 6.42 Å². The molecule has 134 valence electrons. The topological polar surface area (TPSA) is 94.3 Å². The molecule has 1 aromatic carbocycles. The molecule has 0 saturated carbocycles. The Bertz CT molecular complexity index is 813. The van der Waals surface area contributed by atoms with Crippen molar-refractivity contribution in [3.63, 3.8) is 0 Å². The van der Waals surface area contributed by atoms with Gasteiger partial charge in [-0.1, -0.05) is 12.1 Å². The van der Waals surface area contributed by atoms with Crippen LogP contribution in [0.2, 0.25) is 0 Å². The zero-order chi connectivity index (χ0) is 16.9. The van der Waals surface area contributed by atoms with E-state index in [0.29, 0.717) is 24.0 Å². The summed E-state index contributed by atoms with van der Waals surface area (Å²) in [6.07, 6.45) is 2.28. The molecule has 0 bridgehead atoms. The van der Waals surface area contributed by atoms with Crippen LogP contribution in [-0.4, -0.2) is 54.4 Å². The summed E-state index contributed by atoms with van der Waals surface area (Å²) in [5.41, 5.74) is 0.347. The highest BCUT2D eigenvalue weighted by Gasteiger charge is 2.18. The number of nitrogens with zero attached hydrogens (tertiary/aromatic N) is 1. The Morgan fingerprint density at radius 3 is 2.80 bits per heavy atom. The van der Waals surface area contributed by atoms with Gasteiger partial charge in [0.2, 0.25) is 11.3 Å². The van der Waals surface area contributed by atoms with Crippen molar-refractivity contribution in [2.24, 2.45) is 0 Å². The number of carbonyl (C=O) groups excluding carboxylic acids is 2. The Hall–Kier alpha value is -2.38. The predicted molar refractivity (Wildman–Crippen MR) is 98.2 cm³/mol. The molecule has 3 N–H and O–H groups in total. The van der Waals surface area contributed by atoms with Gasteiger partial charge in [0.05, 0.1) is 6.54 Å². The Labute approximate surface area is 151 Å². The van der Waals surface area contributed by atoms with Gasteiger partial charge in [0.25, 0.3) is 5.91 Å². The number of aromatic amines is 1. The van der Waals surface area contributed by atoms with Gasteiger partial charge in [0.1, 0.15) is 5.56 Å². The minimum atomic E-state index is -0.539. The Balaban J connectivity index is 0.00000225. The molecule has 3 rings (SSSR count). The van der Waals surface area contributed by atoms with Crippen LogP contribution in [0.3, 0.4) is 0 Å². The fraction of sp³-hybridized carbons (Fsp3) is 0.353. The lowest BCUT2D eigenvalue weighted by Gasteiger charge is -2.20. The average Bonchev–Trinajstić information content (AvgIpc) is 2.89. The average molecular weight is 365 g/mol. The van der Waals surface area contributed by atoms with E-state index >= 15 is 0 Å². The molecule has 7 nitrogen and oxygen atoms in total. The molecule has 0 radical (unpaired) electrons. The molecule has 1 aliphatic rings. The van der Waals surface area contributed by atoms with E-state index in [1.807, 2.05) is 6.07 Å². The van der Waals surface area contributed by atoms with E-state index in [1.165, 1.54) is 6.20 Å². The van der Waals surface area contributed by atoms with Crippen LogP contribution >= 0.6 is 12.4 Å². The van der Waals surface area contributed by atoms with Crippen LogP contribution in [0.5, 0.6) is 0 Å². The molecule has 2 amide bonds. The van der Waals surface area contributed by atoms with E-state index in [4.69, 9.17) is 0 Å². The van der Waals surface area contributed by atoms with Crippen LogP contribution in [-0.2, 0) is 4.79 Å². The van der Waals surface area contributed by atoms with Gasteiger partial charge in [-0.05, 0) is 25.1 Å². The van der Waals surface area contributed by atoms with E-state index in [1.54, 1.807) is 23.1 Å². The minimum Gasteiger partial charge on any atom is -0.360 e. The third-order valence-electron chi connectivity index (χ3n) is 4.13. The first-order chi connectivity index (χ1) is 11.7. The van der Waals surface area contributed by atoms with Crippen molar-refractivity contribution < 1.29 is 9.59 Å². The number of hydrogen-bond donors (Lipinski definition) is 3. The maximum absolute atomic E-state index is 12.4. The van der Waals surface area contributed by atoms with Gasteiger partial charge in [-0.3, -0.25) is 14.4 Å². The SMILES string of the molecule is Cl.O=C(NCC(=O)N1CCCNCC1)c1c[nH]c2ccccc2c1=O. The molecule has 0 atom stereocenters. The number of fused-ring (bicyclic) bond motifs is 1. The normalized spacial score (nSPS) is 14.5. The summed E-state index contributed by atoms with van der Waals surface area (Å²) >= 11 is 0. The minimum absolute atomic E-state index is 0. The number of nitrogens with one attached hydrogen (secondary N) is 3.